The number of hydrogen-bond acceptors (Lipinski definition) is 3. The SMILES string of the molecule is Cc1ccc2nc(C3CCCN3C(=O)c3n[nH]c4ccccc34)[nH]c2c1. The lowest BCUT2D eigenvalue weighted by molar-refractivity contribution is 0.0726. The topological polar surface area (TPSA) is 77.7 Å². The lowest BCUT2D eigenvalue weighted by Crippen LogP contribution is -2.31. The molecule has 0 bridgehead atoms. The van der Waals surface area contributed by atoms with Crippen molar-refractivity contribution in [3.8, 4) is 0 Å². The van der Waals surface area contributed by atoms with Gasteiger partial charge >= 0.3 is 0 Å². The molecule has 0 radical (unpaired) electrons. The third kappa shape index (κ3) is 2.29. The predicted octanol–water partition coefficient (Wildman–Crippen LogP) is 3.72. The molecule has 2 aromatic heterocycles. The molecule has 1 aliphatic heterocycles. The summed E-state index contributed by atoms with van der Waals surface area (Å²) in [5, 5.41) is 8.09. The molecule has 26 heavy (non-hydrogen) atoms. The first-order valence-electron chi connectivity index (χ1n) is 8.91. The summed E-state index contributed by atoms with van der Waals surface area (Å²) >= 11 is 0. The number of carbonyl (C=O) groups is 1. The molecule has 130 valence electrons. The number of aryl methyl sites for hydroxylation is 1. The number of imidazole rings is 1. The molecule has 3 heterocycles. The predicted molar refractivity (Wildman–Crippen MR) is 99.9 cm³/mol. The van der Waals surface area contributed by atoms with Crippen molar-refractivity contribution in [1.82, 2.24) is 25.1 Å². The van der Waals surface area contributed by atoms with Gasteiger partial charge in [-0.3, -0.25) is 9.89 Å². The van der Waals surface area contributed by atoms with Gasteiger partial charge in [0.05, 0.1) is 22.6 Å². The molecule has 0 spiro atoms. The summed E-state index contributed by atoms with van der Waals surface area (Å²) in [5.41, 5.74) is 4.51. The van der Waals surface area contributed by atoms with Gasteiger partial charge in [-0.2, -0.15) is 5.10 Å². The molecule has 5 rings (SSSR count). The average Bonchev–Trinajstić information content (AvgIpc) is 3.37. The van der Waals surface area contributed by atoms with E-state index in [1.54, 1.807) is 0 Å². The van der Waals surface area contributed by atoms with Crippen LogP contribution in [0.5, 0.6) is 0 Å². The monoisotopic (exact) mass is 345 g/mol. The Morgan fingerprint density at radius 3 is 3.00 bits per heavy atom. The van der Waals surface area contributed by atoms with E-state index in [9.17, 15) is 4.79 Å². The molecule has 1 fully saturated rings. The summed E-state index contributed by atoms with van der Waals surface area (Å²) < 4.78 is 0. The minimum atomic E-state index is -0.0402. The summed E-state index contributed by atoms with van der Waals surface area (Å²) in [4.78, 5) is 23.2. The zero-order chi connectivity index (χ0) is 17.7. The minimum Gasteiger partial charge on any atom is -0.340 e. The number of aromatic nitrogens is 4. The lowest BCUT2D eigenvalue weighted by atomic mass is 10.1. The molecular formula is C20H19N5O. The Balaban J connectivity index is 1.52. The summed E-state index contributed by atoms with van der Waals surface area (Å²) in [6.45, 7) is 2.79. The number of para-hydroxylation sites is 1. The third-order valence-electron chi connectivity index (χ3n) is 5.16. The molecule has 1 aliphatic rings. The zero-order valence-corrected chi connectivity index (χ0v) is 14.5. The molecule has 1 unspecified atom stereocenters. The standard InChI is InChI=1S/C20H19N5O/c1-12-8-9-15-16(11-12)22-19(21-15)17-7-4-10-25(17)20(26)18-13-5-2-3-6-14(13)23-24-18/h2-3,5-6,8-9,11,17H,4,7,10H2,1H3,(H,21,22)(H,23,24). The molecule has 1 saturated heterocycles. The van der Waals surface area contributed by atoms with Crippen LogP contribution >= 0.6 is 0 Å². The molecule has 2 N–H and O–H groups in total. The van der Waals surface area contributed by atoms with Crippen molar-refractivity contribution in [2.45, 2.75) is 25.8 Å². The van der Waals surface area contributed by atoms with Gasteiger partial charge in [-0.25, -0.2) is 4.98 Å². The number of H-pyrrole nitrogens is 2. The Hall–Kier alpha value is -3.15. The number of benzene rings is 2. The fourth-order valence-electron chi connectivity index (χ4n) is 3.86. The van der Waals surface area contributed by atoms with Crippen molar-refractivity contribution < 1.29 is 4.79 Å². The van der Waals surface area contributed by atoms with Gasteiger partial charge in [-0.1, -0.05) is 24.3 Å². The van der Waals surface area contributed by atoms with Gasteiger partial charge in [0.25, 0.3) is 5.91 Å². The van der Waals surface area contributed by atoms with E-state index in [0.717, 1.165) is 47.1 Å². The number of amides is 1. The van der Waals surface area contributed by atoms with Crippen LogP contribution in [0.25, 0.3) is 21.9 Å². The smallest absolute Gasteiger partial charge is 0.275 e. The highest BCUT2D eigenvalue weighted by molar-refractivity contribution is 6.04. The van der Waals surface area contributed by atoms with E-state index in [0.29, 0.717) is 5.69 Å². The van der Waals surface area contributed by atoms with Crippen LogP contribution in [0.2, 0.25) is 0 Å². The number of likely N-dealkylation sites (tertiary alicyclic amines) is 1. The van der Waals surface area contributed by atoms with E-state index < -0.39 is 0 Å². The number of aromatic amines is 2. The van der Waals surface area contributed by atoms with Gasteiger partial charge < -0.3 is 9.88 Å². The highest BCUT2D eigenvalue weighted by Gasteiger charge is 2.34. The van der Waals surface area contributed by atoms with Crippen molar-refractivity contribution in [2.24, 2.45) is 0 Å². The first-order valence-corrected chi connectivity index (χ1v) is 8.91. The van der Waals surface area contributed by atoms with Crippen LogP contribution in [0, 0.1) is 6.92 Å². The van der Waals surface area contributed by atoms with Crippen LogP contribution in [-0.2, 0) is 0 Å². The summed E-state index contributed by atoms with van der Waals surface area (Å²) in [7, 11) is 0. The number of carbonyl (C=O) groups excluding carboxylic acids is 1. The third-order valence-corrected chi connectivity index (χ3v) is 5.16. The summed E-state index contributed by atoms with van der Waals surface area (Å²) in [5.74, 6) is 0.817. The van der Waals surface area contributed by atoms with Crippen molar-refractivity contribution in [3.05, 3.63) is 59.5 Å². The Morgan fingerprint density at radius 1 is 1.19 bits per heavy atom. The van der Waals surface area contributed by atoms with E-state index in [4.69, 9.17) is 4.98 Å². The lowest BCUT2D eigenvalue weighted by Gasteiger charge is -2.22. The Morgan fingerprint density at radius 2 is 2.08 bits per heavy atom. The first-order chi connectivity index (χ1) is 12.7. The van der Waals surface area contributed by atoms with Gasteiger partial charge in [0.1, 0.15) is 5.82 Å². The largest absolute Gasteiger partial charge is 0.340 e. The number of nitrogens with one attached hydrogen (secondary N) is 2. The highest BCUT2D eigenvalue weighted by atomic mass is 16.2. The van der Waals surface area contributed by atoms with E-state index in [1.165, 1.54) is 5.56 Å². The molecule has 0 aliphatic carbocycles. The average molecular weight is 345 g/mol. The van der Waals surface area contributed by atoms with E-state index in [1.807, 2.05) is 35.2 Å². The molecule has 1 atom stereocenters. The first kappa shape index (κ1) is 15.1. The molecule has 0 saturated carbocycles. The second kappa shape index (κ2) is 5.69. The van der Waals surface area contributed by atoms with Gasteiger partial charge in [-0.05, 0) is 43.5 Å². The van der Waals surface area contributed by atoms with Crippen molar-refractivity contribution >= 4 is 27.8 Å². The quantitative estimate of drug-likeness (QED) is 0.581. The maximum absolute atomic E-state index is 13.2. The molecule has 1 amide bonds. The van der Waals surface area contributed by atoms with Gasteiger partial charge in [0.2, 0.25) is 0 Å². The van der Waals surface area contributed by atoms with Crippen LogP contribution in [0.3, 0.4) is 0 Å². The Labute approximate surface area is 150 Å². The number of hydrogen-bond donors (Lipinski definition) is 2. The van der Waals surface area contributed by atoms with Crippen LogP contribution in [0.15, 0.2) is 42.5 Å². The van der Waals surface area contributed by atoms with E-state index in [-0.39, 0.29) is 11.9 Å². The van der Waals surface area contributed by atoms with E-state index >= 15 is 0 Å². The Bertz CT molecular complexity index is 1130. The summed E-state index contributed by atoms with van der Waals surface area (Å²) in [6.07, 6.45) is 1.88. The van der Waals surface area contributed by atoms with Crippen LogP contribution in [0.4, 0.5) is 0 Å². The normalized spacial score (nSPS) is 17.4. The van der Waals surface area contributed by atoms with Gasteiger partial charge in [-0.15, -0.1) is 0 Å². The number of fused-ring (bicyclic) bond motifs is 2. The molecular weight excluding hydrogens is 326 g/mol. The zero-order valence-electron chi connectivity index (χ0n) is 14.5. The van der Waals surface area contributed by atoms with Crippen molar-refractivity contribution in [3.63, 3.8) is 0 Å². The maximum Gasteiger partial charge on any atom is 0.275 e. The summed E-state index contributed by atoms with van der Waals surface area (Å²) in [6, 6.07) is 13.9. The van der Waals surface area contributed by atoms with Crippen LogP contribution in [0.1, 0.15) is 40.8 Å². The van der Waals surface area contributed by atoms with Crippen molar-refractivity contribution in [2.75, 3.05) is 6.54 Å². The second-order valence-corrected chi connectivity index (χ2v) is 6.92. The molecule has 2 aromatic carbocycles. The molecule has 4 aromatic rings. The highest BCUT2D eigenvalue weighted by Crippen LogP contribution is 2.33. The van der Waals surface area contributed by atoms with Gasteiger partial charge in [0.15, 0.2) is 5.69 Å². The Kier molecular flexibility index (Phi) is 3.31. The van der Waals surface area contributed by atoms with Gasteiger partial charge in [0, 0.05) is 11.9 Å². The van der Waals surface area contributed by atoms with Crippen molar-refractivity contribution in [1.29, 1.82) is 0 Å². The fraction of sp³-hybridized carbons (Fsp3) is 0.250. The number of nitrogens with zero attached hydrogens (tertiary/aromatic N) is 3. The molecule has 6 heteroatoms. The van der Waals surface area contributed by atoms with Crippen LogP contribution < -0.4 is 0 Å². The number of rotatable bonds is 2. The van der Waals surface area contributed by atoms with E-state index in [2.05, 4.69) is 34.2 Å². The maximum atomic E-state index is 13.2. The molecule has 6 nitrogen and oxygen atoms in total. The second-order valence-electron chi connectivity index (χ2n) is 6.92. The van der Waals surface area contributed by atoms with Crippen LogP contribution in [-0.4, -0.2) is 37.5 Å². The minimum absolute atomic E-state index is 0.0364. The fourth-order valence-corrected chi connectivity index (χ4v) is 3.86.